The molecule has 0 saturated heterocycles. The van der Waals surface area contributed by atoms with E-state index in [1.165, 1.54) is 4.57 Å². The molecule has 9 heteroatoms. The molecule has 0 unspecified atom stereocenters. The standard InChI is InChI=1S/C26H26ClN5O2S/c1-17(2)15-35(33,34)22-10-7-18(8-11-22)19-5-4-6-21(13-19)31(3)25-23-12-9-20(27)14-24(23)32(16-28)26(29)30-25/h4-14,16-17,28-29H,15H2,1-3H3. The maximum Gasteiger partial charge on any atom is 0.229 e. The van der Waals surface area contributed by atoms with Crippen LogP contribution in [0.15, 0.2) is 71.6 Å². The summed E-state index contributed by atoms with van der Waals surface area (Å²) in [5, 5.41) is 17.2. The fourth-order valence-corrected chi connectivity index (χ4v) is 5.80. The quantitative estimate of drug-likeness (QED) is 0.255. The number of hydrogen-bond acceptors (Lipinski definition) is 6. The van der Waals surface area contributed by atoms with Crippen LogP contribution in [0, 0.1) is 16.7 Å². The number of nitrogens with zero attached hydrogens (tertiary/aromatic N) is 3. The first-order chi connectivity index (χ1) is 16.6. The zero-order chi connectivity index (χ0) is 25.3. The number of aromatic nitrogens is 2. The summed E-state index contributed by atoms with van der Waals surface area (Å²) in [7, 11) is -1.45. The van der Waals surface area contributed by atoms with E-state index in [1.807, 2.05) is 68.3 Å². The van der Waals surface area contributed by atoms with Gasteiger partial charge in [0.25, 0.3) is 0 Å². The van der Waals surface area contributed by atoms with Gasteiger partial charge in [0, 0.05) is 23.1 Å². The van der Waals surface area contributed by atoms with Gasteiger partial charge in [0.1, 0.15) is 5.82 Å². The van der Waals surface area contributed by atoms with Crippen molar-refractivity contribution in [1.82, 2.24) is 9.55 Å². The van der Waals surface area contributed by atoms with Crippen molar-refractivity contribution >= 4 is 50.2 Å². The lowest BCUT2D eigenvalue weighted by molar-refractivity contribution is 0.582. The molecule has 0 spiro atoms. The summed E-state index contributed by atoms with van der Waals surface area (Å²) in [5.74, 6) is 0.738. The lowest BCUT2D eigenvalue weighted by Crippen LogP contribution is -2.26. The number of nitrogens with one attached hydrogen (secondary N) is 2. The minimum atomic E-state index is -3.31. The molecule has 0 bridgehead atoms. The highest BCUT2D eigenvalue weighted by Gasteiger charge is 2.17. The Bertz CT molecular complexity index is 1580. The largest absolute Gasteiger partial charge is 0.329 e. The SMILES string of the molecule is CC(C)CS(=O)(=O)c1ccc(-c2cccc(N(C)c3nc(=N)n(C=N)c4cc(Cl)ccc34)c2)cc1. The lowest BCUT2D eigenvalue weighted by Gasteiger charge is -2.22. The second kappa shape index (κ2) is 9.64. The maximum atomic E-state index is 12.5. The Kier molecular flexibility index (Phi) is 6.78. The summed E-state index contributed by atoms with van der Waals surface area (Å²) in [4.78, 5) is 6.64. The van der Waals surface area contributed by atoms with E-state index in [2.05, 4.69) is 4.98 Å². The first-order valence-electron chi connectivity index (χ1n) is 11.0. The first kappa shape index (κ1) is 24.6. The summed E-state index contributed by atoms with van der Waals surface area (Å²) in [6.07, 6.45) is 1.05. The molecule has 4 aromatic rings. The van der Waals surface area contributed by atoms with Crippen molar-refractivity contribution in [3.63, 3.8) is 0 Å². The summed E-state index contributed by atoms with van der Waals surface area (Å²) in [6.45, 7) is 3.78. The molecule has 0 fully saturated rings. The van der Waals surface area contributed by atoms with Gasteiger partial charge in [0.2, 0.25) is 5.62 Å². The molecule has 1 heterocycles. The van der Waals surface area contributed by atoms with Crippen molar-refractivity contribution < 1.29 is 8.42 Å². The van der Waals surface area contributed by atoms with Crippen LogP contribution >= 0.6 is 11.6 Å². The van der Waals surface area contributed by atoms with E-state index in [-0.39, 0.29) is 17.3 Å². The molecular formula is C26H26ClN5O2S. The molecule has 0 atom stereocenters. The fraction of sp³-hybridized carbons (Fsp3) is 0.192. The van der Waals surface area contributed by atoms with Crippen LogP contribution in [0.1, 0.15) is 13.8 Å². The number of benzene rings is 3. The van der Waals surface area contributed by atoms with Gasteiger partial charge in [-0.2, -0.15) is 4.98 Å². The van der Waals surface area contributed by atoms with Gasteiger partial charge in [-0.3, -0.25) is 15.4 Å². The Morgan fingerprint density at radius 2 is 1.77 bits per heavy atom. The molecule has 180 valence electrons. The van der Waals surface area contributed by atoms with Crippen LogP contribution in [0.2, 0.25) is 5.02 Å². The lowest BCUT2D eigenvalue weighted by atomic mass is 10.0. The Balaban J connectivity index is 1.73. The monoisotopic (exact) mass is 507 g/mol. The smallest absolute Gasteiger partial charge is 0.229 e. The van der Waals surface area contributed by atoms with Crippen LogP contribution in [-0.2, 0) is 9.84 Å². The Hall–Kier alpha value is -3.49. The van der Waals surface area contributed by atoms with Gasteiger partial charge in [0.15, 0.2) is 9.84 Å². The fourth-order valence-electron chi connectivity index (χ4n) is 4.01. The van der Waals surface area contributed by atoms with Crippen molar-refractivity contribution in [1.29, 1.82) is 10.8 Å². The minimum Gasteiger partial charge on any atom is -0.329 e. The third kappa shape index (κ3) is 4.99. The van der Waals surface area contributed by atoms with E-state index in [0.717, 1.165) is 28.5 Å². The van der Waals surface area contributed by atoms with Crippen molar-refractivity contribution in [3.05, 3.63) is 77.4 Å². The predicted molar refractivity (Wildman–Crippen MR) is 142 cm³/mol. The topological polar surface area (TPSA) is 103 Å². The number of hydrogen-bond donors (Lipinski definition) is 2. The van der Waals surface area contributed by atoms with Crippen molar-refractivity contribution in [3.8, 4) is 11.1 Å². The van der Waals surface area contributed by atoms with Crippen LogP contribution in [0.4, 0.5) is 11.5 Å². The Morgan fingerprint density at radius 3 is 2.43 bits per heavy atom. The van der Waals surface area contributed by atoms with E-state index < -0.39 is 9.84 Å². The van der Waals surface area contributed by atoms with E-state index in [9.17, 15) is 8.42 Å². The van der Waals surface area contributed by atoms with Gasteiger partial charge in [-0.25, -0.2) is 8.42 Å². The van der Waals surface area contributed by atoms with E-state index in [0.29, 0.717) is 21.3 Å². The van der Waals surface area contributed by atoms with Crippen LogP contribution in [-0.4, -0.2) is 37.1 Å². The molecule has 7 nitrogen and oxygen atoms in total. The zero-order valence-corrected chi connectivity index (χ0v) is 21.2. The molecule has 3 aromatic carbocycles. The highest BCUT2D eigenvalue weighted by Crippen LogP contribution is 2.32. The van der Waals surface area contributed by atoms with E-state index in [4.69, 9.17) is 22.4 Å². The van der Waals surface area contributed by atoms with Gasteiger partial charge >= 0.3 is 0 Å². The third-order valence-corrected chi connectivity index (χ3v) is 8.01. The molecule has 0 radical (unpaired) electrons. The van der Waals surface area contributed by atoms with Crippen molar-refractivity contribution in [2.45, 2.75) is 18.7 Å². The summed E-state index contributed by atoms with van der Waals surface area (Å²) >= 11 is 6.18. The summed E-state index contributed by atoms with van der Waals surface area (Å²) in [6, 6.07) is 20.1. The zero-order valence-electron chi connectivity index (χ0n) is 19.7. The number of rotatable bonds is 7. The van der Waals surface area contributed by atoms with Gasteiger partial charge in [-0.05, 0) is 59.5 Å². The van der Waals surface area contributed by atoms with Gasteiger partial charge in [-0.1, -0.05) is 49.7 Å². The normalized spacial score (nSPS) is 11.7. The van der Waals surface area contributed by atoms with Crippen LogP contribution in [0.25, 0.3) is 22.0 Å². The predicted octanol–water partition coefficient (Wildman–Crippen LogP) is 5.49. The molecule has 0 aliphatic heterocycles. The van der Waals surface area contributed by atoms with Crippen LogP contribution < -0.4 is 10.5 Å². The second-order valence-electron chi connectivity index (χ2n) is 8.73. The molecule has 0 aliphatic rings. The summed E-state index contributed by atoms with van der Waals surface area (Å²) < 4.78 is 26.4. The highest BCUT2D eigenvalue weighted by molar-refractivity contribution is 7.91. The van der Waals surface area contributed by atoms with E-state index >= 15 is 0 Å². The van der Waals surface area contributed by atoms with Gasteiger partial charge in [-0.15, -0.1) is 0 Å². The second-order valence-corrected chi connectivity index (χ2v) is 11.2. The first-order valence-corrected chi connectivity index (χ1v) is 13.1. The summed E-state index contributed by atoms with van der Waals surface area (Å²) in [5.41, 5.74) is 3.19. The highest BCUT2D eigenvalue weighted by atomic mass is 35.5. The molecule has 35 heavy (non-hydrogen) atoms. The third-order valence-electron chi connectivity index (χ3n) is 5.68. The number of halogens is 1. The number of fused-ring (bicyclic) bond motifs is 1. The molecule has 0 aliphatic carbocycles. The van der Waals surface area contributed by atoms with Crippen molar-refractivity contribution in [2.75, 3.05) is 17.7 Å². The average Bonchev–Trinajstić information content (AvgIpc) is 2.82. The van der Waals surface area contributed by atoms with Crippen molar-refractivity contribution in [2.24, 2.45) is 5.92 Å². The molecule has 2 N–H and O–H groups in total. The molecular weight excluding hydrogens is 482 g/mol. The Morgan fingerprint density at radius 1 is 1.06 bits per heavy atom. The average molecular weight is 508 g/mol. The molecule has 0 amide bonds. The van der Waals surface area contributed by atoms with Gasteiger partial charge in [0.05, 0.1) is 22.5 Å². The minimum absolute atomic E-state index is 0.0586. The Labute approximate surface area is 209 Å². The number of sulfone groups is 1. The molecule has 0 saturated carbocycles. The molecule has 4 rings (SSSR count). The maximum absolute atomic E-state index is 12.5. The molecule has 1 aromatic heterocycles. The van der Waals surface area contributed by atoms with Crippen LogP contribution in [0.5, 0.6) is 0 Å². The van der Waals surface area contributed by atoms with Gasteiger partial charge < -0.3 is 4.90 Å². The van der Waals surface area contributed by atoms with Crippen LogP contribution in [0.3, 0.4) is 0 Å². The number of anilines is 2. The van der Waals surface area contributed by atoms with E-state index in [1.54, 1.807) is 24.3 Å².